The maximum absolute atomic E-state index is 3.18. The van der Waals surface area contributed by atoms with Crippen molar-refractivity contribution in [2.24, 2.45) is 5.92 Å². The summed E-state index contributed by atoms with van der Waals surface area (Å²) in [6.07, 6.45) is 11.8. The molecule has 0 aliphatic rings. The summed E-state index contributed by atoms with van der Waals surface area (Å²) in [6, 6.07) is 0. The zero-order valence-electron chi connectivity index (χ0n) is 7.22. The zero-order valence-corrected chi connectivity index (χ0v) is 7.22. The highest BCUT2D eigenvalue weighted by molar-refractivity contribution is 4.95. The molecule has 0 aromatic heterocycles. The van der Waals surface area contributed by atoms with Gasteiger partial charge in [-0.3, -0.25) is 0 Å². The Morgan fingerprint density at radius 3 is 2.60 bits per heavy atom. The van der Waals surface area contributed by atoms with E-state index in [2.05, 4.69) is 45.1 Å². The summed E-state index contributed by atoms with van der Waals surface area (Å²) in [5.74, 6) is 0.555. The molecule has 0 spiro atoms. The molecule has 0 N–H and O–H groups in total. The Labute approximate surface area is 64.6 Å². The first-order chi connectivity index (χ1) is 4.81. The Balaban J connectivity index is 3.52. The van der Waals surface area contributed by atoms with Crippen LogP contribution in [0.15, 0.2) is 18.2 Å². The Kier molecular flexibility index (Phi) is 6.25. The predicted octanol–water partition coefficient (Wildman–Crippen LogP) is 3.36. The molecule has 0 rings (SSSR count). The largest absolute Gasteiger partial charge is 0.0882 e. The SMILES string of the molecule is CC/[C]=C/C(C)C=CCC. The van der Waals surface area contributed by atoms with Crippen LogP contribution in [-0.4, -0.2) is 0 Å². The van der Waals surface area contributed by atoms with Crippen LogP contribution >= 0.6 is 0 Å². The van der Waals surface area contributed by atoms with Gasteiger partial charge in [0.05, 0.1) is 0 Å². The highest BCUT2D eigenvalue weighted by Crippen LogP contribution is 1.99. The molecular formula is C10H17. The smallest absolute Gasteiger partial charge is 0.00760 e. The molecule has 1 unspecified atom stereocenters. The van der Waals surface area contributed by atoms with E-state index in [1.165, 1.54) is 0 Å². The highest BCUT2D eigenvalue weighted by atomic mass is 13.9. The molecule has 57 valence electrons. The molecule has 0 aromatic carbocycles. The van der Waals surface area contributed by atoms with Crippen molar-refractivity contribution in [3.05, 3.63) is 24.3 Å². The number of rotatable bonds is 4. The Morgan fingerprint density at radius 2 is 2.10 bits per heavy atom. The van der Waals surface area contributed by atoms with Crippen LogP contribution in [0, 0.1) is 12.0 Å². The predicted molar refractivity (Wildman–Crippen MR) is 46.7 cm³/mol. The molecule has 0 aromatic rings. The van der Waals surface area contributed by atoms with Crippen molar-refractivity contribution >= 4 is 0 Å². The minimum atomic E-state index is 0.555. The molecule has 0 heterocycles. The Hall–Kier alpha value is -0.520. The van der Waals surface area contributed by atoms with Gasteiger partial charge in [0.2, 0.25) is 0 Å². The van der Waals surface area contributed by atoms with Gasteiger partial charge in [-0.25, -0.2) is 0 Å². The molecule has 0 fully saturated rings. The molecule has 0 nitrogen and oxygen atoms in total. The summed E-state index contributed by atoms with van der Waals surface area (Å²) >= 11 is 0. The van der Waals surface area contributed by atoms with Crippen molar-refractivity contribution in [1.82, 2.24) is 0 Å². The van der Waals surface area contributed by atoms with E-state index in [4.69, 9.17) is 0 Å². The van der Waals surface area contributed by atoms with E-state index in [9.17, 15) is 0 Å². The second kappa shape index (κ2) is 6.60. The van der Waals surface area contributed by atoms with Gasteiger partial charge in [-0.1, -0.05) is 39.0 Å². The minimum absolute atomic E-state index is 0.555. The van der Waals surface area contributed by atoms with E-state index in [0.29, 0.717) is 5.92 Å². The molecule has 1 atom stereocenters. The average Bonchev–Trinajstić information content (AvgIpc) is 1.97. The Bertz CT molecular complexity index is 95.2. The third kappa shape index (κ3) is 5.61. The van der Waals surface area contributed by atoms with E-state index in [1.807, 2.05) is 0 Å². The summed E-state index contributed by atoms with van der Waals surface area (Å²) in [6.45, 7) is 6.43. The van der Waals surface area contributed by atoms with Crippen molar-refractivity contribution in [1.29, 1.82) is 0 Å². The standard InChI is InChI=1S/C10H17/c1-4-6-8-10(3)9-7-5-2/h6,8-10H,4-5H2,1-3H3. The molecule has 10 heavy (non-hydrogen) atoms. The van der Waals surface area contributed by atoms with Crippen molar-refractivity contribution in [3.63, 3.8) is 0 Å². The van der Waals surface area contributed by atoms with Crippen LogP contribution in [0.5, 0.6) is 0 Å². The lowest BCUT2D eigenvalue weighted by Crippen LogP contribution is -1.80. The first-order valence-corrected chi connectivity index (χ1v) is 4.04. The van der Waals surface area contributed by atoms with Crippen LogP contribution in [-0.2, 0) is 0 Å². The normalized spacial score (nSPS) is 15.1. The quantitative estimate of drug-likeness (QED) is 0.521. The van der Waals surface area contributed by atoms with Gasteiger partial charge in [0.15, 0.2) is 0 Å². The maximum Gasteiger partial charge on any atom is -0.00760 e. The fourth-order valence-corrected chi connectivity index (χ4v) is 0.710. The number of hydrogen-bond acceptors (Lipinski definition) is 0. The highest BCUT2D eigenvalue weighted by Gasteiger charge is 1.85. The second-order valence-corrected chi connectivity index (χ2v) is 2.42. The third-order valence-corrected chi connectivity index (χ3v) is 1.26. The molecule has 0 aliphatic carbocycles. The lowest BCUT2D eigenvalue weighted by atomic mass is 10.1. The van der Waals surface area contributed by atoms with Crippen LogP contribution in [0.4, 0.5) is 0 Å². The van der Waals surface area contributed by atoms with E-state index in [0.717, 1.165) is 12.8 Å². The van der Waals surface area contributed by atoms with Crippen molar-refractivity contribution in [2.75, 3.05) is 0 Å². The average molecular weight is 137 g/mol. The van der Waals surface area contributed by atoms with Crippen molar-refractivity contribution in [2.45, 2.75) is 33.6 Å². The first kappa shape index (κ1) is 9.48. The summed E-state index contributed by atoms with van der Waals surface area (Å²) in [5, 5.41) is 0. The lowest BCUT2D eigenvalue weighted by Gasteiger charge is -1.94. The summed E-state index contributed by atoms with van der Waals surface area (Å²) in [4.78, 5) is 0. The van der Waals surface area contributed by atoms with Crippen LogP contribution in [0.3, 0.4) is 0 Å². The van der Waals surface area contributed by atoms with Gasteiger partial charge in [0.1, 0.15) is 0 Å². The van der Waals surface area contributed by atoms with Gasteiger partial charge >= 0.3 is 0 Å². The fraction of sp³-hybridized carbons (Fsp3) is 0.600. The molecule has 0 amide bonds. The molecule has 0 aliphatic heterocycles. The van der Waals surface area contributed by atoms with Gasteiger partial charge in [-0.05, 0) is 24.8 Å². The lowest BCUT2D eigenvalue weighted by molar-refractivity contribution is 0.914. The molecule has 0 heteroatoms. The summed E-state index contributed by atoms with van der Waals surface area (Å²) in [5.41, 5.74) is 0. The van der Waals surface area contributed by atoms with Gasteiger partial charge < -0.3 is 0 Å². The topological polar surface area (TPSA) is 0 Å². The van der Waals surface area contributed by atoms with Crippen LogP contribution in [0.25, 0.3) is 0 Å². The molecular weight excluding hydrogens is 120 g/mol. The van der Waals surface area contributed by atoms with Crippen LogP contribution in [0.2, 0.25) is 0 Å². The van der Waals surface area contributed by atoms with Crippen molar-refractivity contribution < 1.29 is 0 Å². The minimum Gasteiger partial charge on any atom is -0.0882 e. The Morgan fingerprint density at radius 1 is 1.40 bits per heavy atom. The van der Waals surface area contributed by atoms with E-state index in [-0.39, 0.29) is 0 Å². The van der Waals surface area contributed by atoms with Crippen LogP contribution < -0.4 is 0 Å². The molecule has 1 radical (unpaired) electrons. The number of allylic oxidation sites excluding steroid dienone is 4. The molecule has 0 saturated heterocycles. The second-order valence-electron chi connectivity index (χ2n) is 2.42. The van der Waals surface area contributed by atoms with Crippen molar-refractivity contribution in [3.8, 4) is 0 Å². The first-order valence-electron chi connectivity index (χ1n) is 4.04. The fourth-order valence-electron chi connectivity index (χ4n) is 0.710. The van der Waals surface area contributed by atoms with E-state index in [1.54, 1.807) is 0 Å². The van der Waals surface area contributed by atoms with Gasteiger partial charge in [0, 0.05) is 0 Å². The van der Waals surface area contributed by atoms with Crippen LogP contribution in [0.1, 0.15) is 33.6 Å². The monoisotopic (exact) mass is 137 g/mol. The summed E-state index contributed by atoms with van der Waals surface area (Å²) in [7, 11) is 0. The van der Waals surface area contributed by atoms with Gasteiger partial charge in [-0.15, -0.1) is 0 Å². The molecule has 0 bridgehead atoms. The number of hydrogen-bond donors (Lipinski definition) is 0. The third-order valence-electron chi connectivity index (χ3n) is 1.26. The molecule has 0 saturated carbocycles. The van der Waals surface area contributed by atoms with E-state index >= 15 is 0 Å². The summed E-state index contributed by atoms with van der Waals surface area (Å²) < 4.78 is 0. The maximum atomic E-state index is 3.18. The zero-order chi connectivity index (χ0) is 7.82. The van der Waals surface area contributed by atoms with E-state index < -0.39 is 0 Å². The van der Waals surface area contributed by atoms with Gasteiger partial charge in [0.25, 0.3) is 0 Å². The van der Waals surface area contributed by atoms with Gasteiger partial charge in [-0.2, -0.15) is 0 Å².